The number of hydrogen-bond acceptors (Lipinski definition) is 5. The van der Waals surface area contributed by atoms with Gasteiger partial charge in [0.05, 0.1) is 21.5 Å². The number of fused-ring (bicyclic) bond motifs is 1. The molecule has 0 aliphatic carbocycles. The van der Waals surface area contributed by atoms with Crippen LogP contribution in [0.5, 0.6) is 0 Å². The molecule has 3 rings (SSSR count). The Balaban J connectivity index is 1.73. The van der Waals surface area contributed by atoms with Crippen molar-refractivity contribution in [1.29, 1.82) is 0 Å². The summed E-state index contributed by atoms with van der Waals surface area (Å²) in [5.41, 5.74) is 2.24. The van der Waals surface area contributed by atoms with Gasteiger partial charge in [0.2, 0.25) is 5.91 Å². The average Bonchev–Trinajstić information content (AvgIpc) is 2.92. The Morgan fingerprint density at radius 1 is 1.25 bits per heavy atom. The van der Waals surface area contributed by atoms with Gasteiger partial charge < -0.3 is 5.32 Å². The first-order valence-electron chi connectivity index (χ1n) is 7.02. The standard InChI is InChI=1S/C15H13Cl2N5OS/c1-8-6-9(2)22-14(18-8)20-21-15(22)24-7-12(23)19-13-10(16)4-3-5-11(13)17/h3-6H,7H2,1-2H3,(H,19,23). The minimum absolute atomic E-state index is 0.148. The Kier molecular flexibility index (Phi) is 4.93. The predicted molar refractivity (Wildman–Crippen MR) is 96.1 cm³/mol. The number of halogens is 2. The highest BCUT2D eigenvalue weighted by Crippen LogP contribution is 2.30. The molecular weight excluding hydrogens is 369 g/mol. The minimum atomic E-state index is -0.232. The van der Waals surface area contributed by atoms with Crippen LogP contribution in [0.25, 0.3) is 5.78 Å². The lowest BCUT2D eigenvalue weighted by molar-refractivity contribution is -0.113. The fourth-order valence-electron chi connectivity index (χ4n) is 2.22. The highest BCUT2D eigenvalue weighted by molar-refractivity contribution is 7.99. The van der Waals surface area contributed by atoms with Crippen molar-refractivity contribution in [3.05, 3.63) is 45.7 Å². The van der Waals surface area contributed by atoms with E-state index in [1.165, 1.54) is 11.8 Å². The summed E-state index contributed by atoms with van der Waals surface area (Å²) in [6, 6.07) is 6.98. The summed E-state index contributed by atoms with van der Waals surface area (Å²) in [5, 5.41) is 12.2. The molecule has 0 radical (unpaired) electrons. The summed E-state index contributed by atoms with van der Waals surface area (Å²) < 4.78 is 1.81. The minimum Gasteiger partial charge on any atom is -0.323 e. The van der Waals surface area contributed by atoms with Gasteiger partial charge in [-0.25, -0.2) is 4.98 Å². The molecule has 1 N–H and O–H groups in total. The van der Waals surface area contributed by atoms with E-state index in [-0.39, 0.29) is 11.7 Å². The van der Waals surface area contributed by atoms with E-state index in [0.717, 1.165) is 11.4 Å². The van der Waals surface area contributed by atoms with Crippen molar-refractivity contribution >= 4 is 52.3 Å². The van der Waals surface area contributed by atoms with Gasteiger partial charge in [-0.2, -0.15) is 0 Å². The lowest BCUT2D eigenvalue weighted by Gasteiger charge is -2.08. The van der Waals surface area contributed by atoms with Gasteiger partial charge in [-0.15, -0.1) is 10.2 Å². The average molecular weight is 382 g/mol. The molecule has 0 aliphatic rings. The first-order chi connectivity index (χ1) is 11.5. The smallest absolute Gasteiger partial charge is 0.256 e. The molecule has 0 spiro atoms. The number of anilines is 1. The molecule has 3 aromatic rings. The van der Waals surface area contributed by atoms with Crippen LogP contribution in [0.3, 0.4) is 0 Å². The predicted octanol–water partition coefficient (Wildman–Crippen LogP) is 3.78. The Morgan fingerprint density at radius 2 is 1.96 bits per heavy atom. The molecule has 1 amide bonds. The van der Waals surface area contributed by atoms with Crippen molar-refractivity contribution in [2.75, 3.05) is 11.1 Å². The number of benzene rings is 1. The van der Waals surface area contributed by atoms with E-state index < -0.39 is 0 Å². The molecule has 1 aromatic carbocycles. The summed E-state index contributed by atoms with van der Waals surface area (Å²) >= 11 is 13.4. The van der Waals surface area contributed by atoms with E-state index >= 15 is 0 Å². The van der Waals surface area contributed by atoms with Gasteiger partial charge in [-0.1, -0.05) is 41.0 Å². The Labute approximate surface area is 152 Å². The summed E-state index contributed by atoms with van der Waals surface area (Å²) in [7, 11) is 0. The zero-order valence-corrected chi connectivity index (χ0v) is 15.2. The van der Waals surface area contributed by atoms with E-state index in [0.29, 0.717) is 26.7 Å². The van der Waals surface area contributed by atoms with Gasteiger partial charge in [0.15, 0.2) is 5.16 Å². The summed E-state index contributed by atoms with van der Waals surface area (Å²) in [6.45, 7) is 3.84. The lowest BCUT2D eigenvalue weighted by Crippen LogP contribution is -2.15. The molecule has 0 bridgehead atoms. The van der Waals surface area contributed by atoms with Crippen molar-refractivity contribution < 1.29 is 4.79 Å². The van der Waals surface area contributed by atoms with Gasteiger partial charge in [0.25, 0.3) is 5.78 Å². The molecule has 0 atom stereocenters. The van der Waals surface area contributed by atoms with E-state index in [1.54, 1.807) is 18.2 Å². The van der Waals surface area contributed by atoms with Crippen molar-refractivity contribution in [3.8, 4) is 0 Å². The van der Waals surface area contributed by atoms with Gasteiger partial charge in [-0.05, 0) is 32.0 Å². The number of aromatic nitrogens is 4. The third kappa shape index (κ3) is 3.48. The number of para-hydroxylation sites is 1. The number of carbonyl (C=O) groups excluding carboxylic acids is 1. The third-order valence-corrected chi connectivity index (χ3v) is 4.78. The fraction of sp³-hybridized carbons (Fsp3) is 0.200. The normalized spacial score (nSPS) is 11.0. The Hall–Kier alpha value is -1.83. The van der Waals surface area contributed by atoms with E-state index in [4.69, 9.17) is 23.2 Å². The number of carbonyl (C=O) groups is 1. The fourth-order valence-corrected chi connectivity index (χ4v) is 3.49. The van der Waals surface area contributed by atoms with E-state index in [2.05, 4.69) is 20.5 Å². The van der Waals surface area contributed by atoms with Crippen molar-refractivity contribution in [2.24, 2.45) is 0 Å². The van der Waals surface area contributed by atoms with E-state index in [1.807, 2.05) is 24.3 Å². The molecule has 0 fully saturated rings. The second-order valence-corrected chi connectivity index (χ2v) is 6.85. The van der Waals surface area contributed by atoms with Gasteiger partial charge >= 0.3 is 0 Å². The van der Waals surface area contributed by atoms with Gasteiger partial charge in [-0.3, -0.25) is 9.20 Å². The molecule has 0 unspecified atom stereocenters. The number of nitrogens with one attached hydrogen (secondary N) is 1. The SMILES string of the molecule is Cc1cc(C)n2c(SCC(=O)Nc3c(Cl)cccc3Cl)nnc2n1. The monoisotopic (exact) mass is 381 g/mol. The van der Waals surface area contributed by atoms with Crippen LogP contribution in [-0.4, -0.2) is 31.2 Å². The summed E-state index contributed by atoms with van der Waals surface area (Å²) in [5.74, 6) is 0.435. The second kappa shape index (κ2) is 6.96. The zero-order valence-electron chi connectivity index (χ0n) is 12.9. The molecule has 0 aliphatic heterocycles. The third-order valence-electron chi connectivity index (χ3n) is 3.22. The molecule has 9 heteroatoms. The summed E-state index contributed by atoms with van der Waals surface area (Å²) in [4.78, 5) is 16.5. The van der Waals surface area contributed by atoms with Crippen LogP contribution in [0, 0.1) is 13.8 Å². The van der Waals surface area contributed by atoms with Crippen LogP contribution >= 0.6 is 35.0 Å². The Bertz CT molecular complexity index is 907. The molecule has 124 valence electrons. The zero-order chi connectivity index (χ0) is 17.3. The quantitative estimate of drug-likeness (QED) is 0.696. The van der Waals surface area contributed by atoms with Crippen LogP contribution in [-0.2, 0) is 4.79 Å². The van der Waals surface area contributed by atoms with Crippen molar-refractivity contribution in [3.63, 3.8) is 0 Å². The van der Waals surface area contributed by atoms with Crippen molar-refractivity contribution in [1.82, 2.24) is 19.6 Å². The number of aryl methyl sites for hydroxylation is 2. The number of nitrogens with zero attached hydrogens (tertiary/aromatic N) is 4. The molecule has 24 heavy (non-hydrogen) atoms. The number of amides is 1. The number of thioether (sulfide) groups is 1. The van der Waals surface area contributed by atoms with Gasteiger partial charge in [0.1, 0.15) is 0 Å². The molecule has 2 heterocycles. The highest BCUT2D eigenvalue weighted by atomic mass is 35.5. The molecule has 0 saturated carbocycles. The van der Waals surface area contributed by atoms with Crippen LogP contribution in [0.1, 0.15) is 11.4 Å². The van der Waals surface area contributed by atoms with Crippen LogP contribution in [0.15, 0.2) is 29.4 Å². The lowest BCUT2D eigenvalue weighted by atomic mass is 10.3. The first kappa shape index (κ1) is 17.0. The first-order valence-corrected chi connectivity index (χ1v) is 8.76. The van der Waals surface area contributed by atoms with Crippen LogP contribution < -0.4 is 5.32 Å². The molecule has 2 aromatic heterocycles. The maximum atomic E-state index is 12.2. The van der Waals surface area contributed by atoms with Crippen LogP contribution in [0.2, 0.25) is 10.0 Å². The largest absolute Gasteiger partial charge is 0.323 e. The Morgan fingerprint density at radius 3 is 2.67 bits per heavy atom. The summed E-state index contributed by atoms with van der Waals surface area (Å²) in [6.07, 6.45) is 0. The van der Waals surface area contributed by atoms with E-state index in [9.17, 15) is 4.79 Å². The molecular formula is C15H13Cl2N5OS. The van der Waals surface area contributed by atoms with Crippen molar-refractivity contribution in [2.45, 2.75) is 19.0 Å². The maximum Gasteiger partial charge on any atom is 0.256 e. The topological polar surface area (TPSA) is 72.2 Å². The number of rotatable bonds is 4. The molecule has 6 nitrogen and oxygen atoms in total. The second-order valence-electron chi connectivity index (χ2n) is 5.09. The highest BCUT2D eigenvalue weighted by Gasteiger charge is 2.14. The van der Waals surface area contributed by atoms with Gasteiger partial charge in [0, 0.05) is 11.4 Å². The molecule has 0 saturated heterocycles. The van der Waals surface area contributed by atoms with Crippen LogP contribution in [0.4, 0.5) is 5.69 Å². The number of hydrogen-bond donors (Lipinski definition) is 1. The maximum absolute atomic E-state index is 12.2.